The highest BCUT2D eigenvalue weighted by Gasteiger charge is 2.21. The van der Waals surface area contributed by atoms with Gasteiger partial charge in [0, 0.05) is 19.3 Å². The predicted octanol–water partition coefficient (Wildman–Crippen LogP) is 1.89. The van der Waals surface area contributed by atoms with Gasteiger partial charge in [0.15, 0.2) is 0 Å². The van der Waals surface area contributed by atoms with E-state index < -0.39 is 0 Å². The molecule has 0 aromatic rings. The van der Waals surface area contributed by atoms with Crippen molar-refractivity contribution in [3.63, 3.8) is 0 Å². The van der Waals surface area contributed by atoms with E-state index in [4.69, 9.17) is 4.74 Å². The van der Waals surface area contributed by atoms with Gasteiger partial charge >= 0.3 is 5.97 Å². The van der Waals surface area contributed by atoms with Gasteiger partial charge in [0.2, 0.25) is 0 Å². The Hall–Kier alpha value is -0.970. The SMILES string of the molecule is CCCC#CCC1CCC(=O)O1. The number of carbonyl (C=O) groups is 1. The van der Waals surface area contributed by atoms with Crippen LogP contribution in [0.1, 0.15) is 39.0 Å². The molecule has 2 nitrogen and oxygen atoms in total. The first-order valence-corrected chi connectivity index (χ1v) is 4.48. The third-order valence-electron chi connectivity index (χ3n) is 1.80. The van der Waals surface area contributed by atoms with Crippen molar-refractivity contribution >= 4 is 5.97 Å². The smallest absolute Gasteiger partial charge is 0.306 e. The maximum atomic E-state index is 10.7. The largest absolute Gasteiger partial charge is 0.461 e. The van der Waals surface area contributed by atoms with Gasteiger partial charge in [-0.1, -0.05) is 12.8 Å². The van der Waals surface area contributed by atoms with Gasteiger partial charge in [0.1, 0.15) is 6.10 Å². The molecular weight excluding hydrogens is 152 g/mol. The fourth-order valence-corrected chi connectivity index (χ4v) is 1.13. The van der Waals surface area contributed by atoms with Crippen molar-refractivity contribution in [1.82, 2.24) is 0 Å². The molecule has 1 aliphatic heterocycles. The maximum Gasteiger partial charge on any atom is 0.306 e. The van der Waals surface area contributed by atoms with E-state index in [0.29, 0.717) is 12.8 Å². The Labute approximate surface area is 73.3 Å². The zero-order valence-corrected chi connectivity index (χ0v) is 7.43. The third kappa shape index (κ3) is 2.96. The van der Waals surface area contributed by atoms with E-state index in [1.165, 1.54) is 0 Å². The van der Waals surface area contributed by atoms with Crippen LogP contribution in [0.5, 0.6) is 0 Å². The van der Waals surface area contributed by atoms with Crippen molar-refractivity contribution in [2.45, 2.75) is 45.1 Å². The maximum absolute atomic E-state index is 10.7. The number of ether oxygens (including phenoxy) is 1. The number of carbonyl (C=O) groups excluding carboxylic acids is 1. The molecule has 1 atom stereocenters. The van der Waals surface area contributed by atoms with Crippen LogP contribution in [0.2, 0.25) is 0 Å². The molecule has 0 saturated carbocycles. The minimum atomic E-state index is -0.0720. The molecule has 12 heavy (non-hydrogen) atoms. The van der Waals surface area contributed by atoms with Gasteiger partial charge in [-0.15, -0.1) is 5.92 Å². The second-order valence-corrected chi connectivity index (χ2v) is 2.96. The average molecular weight is 166 g/mol. The van der Waals surface area contributed by atoms with E-state index in [1.54, 1.807) is 0 Å². The molecule has 0 amide bonds. The van der Waals surface area contributed by atoms with Gasteiger partial charge in [-0.3, -0.25) is 4.79 Å². The Morgan fingerprint density at radius 2 is 2.42 bits per heavy atom. The van der Waals surface area contributed by atoms with Crippen LogP contribution in [0.25, 0.3) is 0 Å². The van der Waals surface area contributed by atoms with Crippen LogP contribution >= 0.6 is 0 Å². The summed E-state index contributed by atoms with van der Waals surface area (Å²) in [5, 5.41) is 0. The summed E-state index contributed by atoms with van der Waals surface area (Å²) in [5.74, 6) is 5.99. The molecule has 0 radical (unpaired) electrons. The van der Waals surface area contributed by atoms with Crippen LogP contribution in [0.3, 0.4) is 0 Å². The number of unbranched alkanes of at least 4 members (excludes halogenated alkanes) is 1. The first-order valence-electron chi connectivity index (χ1n) is 4.48. The van der Waals surface area contributed by atoms with Crippen molar-refractivity contribution in [1.29, 1.82) is 0 Å². The topological polar surface area (TPSA) is 26.3 Å². The number of hydrogen-bond acceptors (Lipinski definition) is 2. The molecule has 1 aliphatic rings. The van der Waals surface area contributed by atoms with Crippen LogP contribution in [-0.2, 0) is 9.53 Å². The average Bonchev–Trinajstić information content (AvgIpc) is 2.45. The van der Waals surface area contributed by atoms with Crippen molar-refractivity contribution < 1.29 is 9.53 Å². The lowest BCUT2D eigenvalue weighted by molar-refractivity contribution is -0.141. The number of rotatable bonds is 2. The summed E-state index contributed by atoms with van der Waals surface area (Å²) >= 11 is 0. The van der Waals surface area contributed by atoms with Crippen molar-refractivity contribution in [2.75, 3.05) is 0 Å². The van der Waals surface area contributed by atoms with Crippen LogP contribution in [0, 0.1) is 11.8 Å². The van der Waals surface area contributed by atoms with Crippen LogP contribution in [0.4, 0.5) is 0 Å². The molecule has 1 fully saturated rings. The normalized spacial score (nSPS) is 21.4. The lowest BCUT2D eigenvalue weighted by Gasteiger charge is -2.01. The Bertz CT molecular complexity index is 210. The van der Waals surface area contributed by atoms with Crippen molar-refractivity contribution in [2.24, 2.45) is 0 Å². The molecule has 0 aromatic heterocycles. The van der Waals surface area contributed by atoms with Crippen LogP contribution in [0.15, 0.2) is 0 Å². The zero-order chi connectivity index (χ0) is 8.81. The molecule has 0 N–H and O–H groups in total. The highest BCUT2D eigenvalue weighted by atomic mass is 16.5. The van der Waals surface area contributed by atoms with E-state index in [1.807, 2.05) is 0 Å². The standard InChI is InChI=1S/C10H14O2/c1-2-3-4-5-6-9-7-8-10(11)12-9/h9H,2-3,6-8H2,1H3. The summed E-state index contributed by atoms with van der Waals surface area (Å²) in [6.45, 7) is 2.10. The van der Waals surface area contributed by atoms with Gasteiger partial charge in [0.25, 0.3) is 0 Å². The first kappa shape index (κ1) is 9.12. The molecule has 66 valence electrons. The summed E-state index contributed by atoms with van der Waals surface area (Å²) in [4.78, 5) is 10.7. The lowest BCUT2D eigenvalue weighted by Crippen LogP contribution is -2.04. The molecule has 0 aliphatic carbocycles. The fraction of sp³-hybridized carbons (Fsp3) is 0.700. The van der Waals surface area contributed by atoms with E-state index in [2.05, 4.69) is 18.8 Å². The predicted molar refractivity (Wildman–Crippen MR) is 46.4 cm³/mol. The Balaban J connectivity index is 2.16. The monoisotopic (exact) mass is 166 g/mol. The van der Waals surface area contributed by atoms with Crippen molar-refractivity contribution in [3.8, 4) is 11.8 Å². The number of hydrogen-bond donors (Lipinski definition) is 0. The van der Waals surface area contributed by atoms with Gasteiger partial charge in [0.05, 0.1) is 0 Å². The van der Waals surface area contributed by atoms with Gasteiger partial charge in [-0.25, -0.2) is 0 Å². The highest BCUT2D eigenvalue weighted by Crippen LogP contribution is 2.15. The molecule has 0 bridgehead atoms. The molecule has 1 heterocycles. The lowest BCUT2D eigenvalue weighted by atomic mass is 10.2. The highest BCUT2D eigenvalue weighted by molar-refractivity contribution is 5.71. The zero-order valence-electron chi connectivity index (χ0n) is 7.43. The molecule has 1 unspecified atom stereocenters. The summed E-state index contributed by atoms with van der Waals surface area (Å²) < 4.78 is 5.00. The van der Waals surface area contributed by atoms with E-state index in [0.717, 1.165) is 19.3 Å². The summed E-state index contributed by atoms with van der Waals surface area (Å²) in [6, 6.07) is 0. The molecule has 2 heteroatoms. The molecule has 0 spiro atoms. The molecule has 1 rings (SSSR count). The van der Waals surface area contributed by atoms with Gasteiger partial charge < -0.3 is 4.74 Å². The van der Waals surface area contributed by atoms with E-state index in [9.17, 15) is 4.79 Å². The second-order valence-electron chi connectivity index (χ2n) is 2.96. The first-order chi connectivity index (χ1) is 5.83. The minimum absolute atomic E-state index is 0.0712. The minimum Gasteiger partial charge on any atom is -0.461 e. The van der Waals surface area contributed by atoms with Crippen molar-refractivity contribution in [3.05, 3.63) is 0 Å². The second kappa shape index (κ2) is 4.82. The summed E-state index contributed by atoms with van der Waals surface area (Å²) in [7, 11) is 0. The Morgan fingerprint density at radius 3 is 3.00 bits per heavy atom. The van der Waals surface area contributed by atoms with Gasteiger partial charge in [-0.2, -0.15) is 0 Å². The molecule has 1 saturated heterocycles. The summed E-state index contributed by atoms with van der Waals surface area (Å²) in [5.41, 5.74) is 0. The quantitative estimate of drug-likeness (QED) is 0.462. The number of cyclic esters (lactones) is 1. The molecular formula is C10H14O2. The number of esters is 1. The van der Waals surface area contributed by atoms with E-state index in [-0.39, 0.29) is 12.1 Å². The van der Waals surface area contributed by atoms with Crippen LogP contribution < -0.4 is 0 Å². The Morgan fingerprint density at radius 1 is 1.58 bits per heavy atom. The van der Waals surface area contributed by atoms with Crippen LogP contribution in [-0.4, -0.2) is 12.1 Å². The Kier molecular flexibility index (Phi) is 3.66. The molecule has 0 aromatic carbocycles. The third-order valence-corrected chi connectivity index (χ3v) is 1.80. The summed E-state index contributed by atoms with van der Waals surface area (Å²) in [6.07, 6.45) is 4.24. The van der Waals surface area contributed by atoms with Gasteiger partial charge in [-0.05, 0) is 12.8 Å². The fourth-order valence-electron chi connectivity index (χ4n) is 1.13. The van der Waals surface area contributed by atoms with E-state index >= 15 is 0 Å².